The number of benzene rings is 2. The average molecular weight is 434 g/mol. The van der Waals surface area contributed by atoms with Gasteiger partial charge < -0.3 is 13.9 Å². The fraction of sp³-hybridized carbons (Fsp3) is 0.222. The van der Waals surface area contributed by atoms with Gasteiger partial charge in [-0.25, -0.2) is 4.68 Å². The molecule has 0 saturated heterocycles. The smallest absolute Gasteiger partial charge is 0.288 e. The molecule has 0 aliphatic carbocycles. The summed E-state index contributed by atoms with van der Waals surface area (Å²) >= 11 is 8.77. The highest BCUT2D eigenvalue weighted by Crippen LogP contribution is 2.35. The van der Waals surface area contributed by atoms with Crippen LogP contribution in [0.1, 0.15) is 5.56 Å². The van der Waals surface area contributed by atoms with E-state index in [4.69, 9.17) is 26.1 Å². The van der Waals surface area contributed by atoms with Gasteiger partial charge in [-0.2, -0.15) is 0 Å². The zero-order chi connectivity index (χ0) is 18.1. The Labute approximate surface area is 164 Å². The van der Waals surface area contributed by atoms with Gasteiger partial charge in [-0.05, 0) is 55.2 Å². The van der Waals surface area contributed by atoms with E-state index >= 15 is 0 Å². The standard InChI is InChI=1S/C18H16BrN3O3S/c1-21(9-12-2-5-14(19)6-3-12)10-22-18(26)25-17(20-22)13-4-7-15-16(8-13)24-11-23-15/h2-8H,9-11H2,1H3. The quantitative estimate of drug-likeness (QED) is 0.553. The summed E-state index contributed by atoms with van der Waals surface area (Å²) in [4.78, 5) is 2.45. The third-order valence-corrected chi connectivity index (χ3v) is 4.79. The molecule has 0 radical (unpaired) electrons. The van der Waals surface area contributed by atoms with Gasteiger partial charge >= 0.3 is 0 Å². The largest absolute Gasteiger partial charge is 0.454 e. The molecule has 2 heterocycles. The van der Waals surface area contributed by atoms with E-state index in [2.05, 4.69) is 38.1 Å². The number of nitrogens with zero attached hydrogens (tertiary/aromatic N) is 3. The molecule has 0 unspecified atom stereocenters. The molecule has 26 heavy (non-hydrogen) atoms. The Hall–Kier alpha value is -2.16. The molecule has 3 aromatic rings. The van der Waals surface area contributed by atoms with Gasteiger partial charge in [0.2, 0.25) is 12.7 Å². The van der Waals surface area contributed by atoms with Crippen molar-refractivity contribution in [1.82, 2.24) is 14.7 Å². The van der Waals surface area contributed by atoms with Gasteiger partial charge in [0, 0.05) is 16.6 Å². The van der Waals surface area contributed by atoms with E-state index in [-0.39, 0.29) is 6.79 Å². The Morgan fingerprint density at radius 2 is 1.92 bits per heavy atom. The molecule has 0 N–H and O–H groups in total. The summed E-state index contributed by atoms with van der Waals surface area (Å²) in [6.45, 7) is 1.54. The third kappa shape index (κ3) is 3.67. The van der Waals surface area contributed by atoms with Crippen molar-refractivity contribution in [3.63, 3.8) is 0 Å². The second kappa shape index (κ2) is 7.22. The van der Waals surface area contributed by atoms with Gasteiger partial charge in [-0.1, -0.05) is 28.1 Å². The van der Waals surface area contributed by atoms with E-state index < -0.39 is 0 Å². The van der Waals surface area contributed by atoms with Gasteiger partial charge in [0.25, 0.3) is 4.84 Å². The molecule has 0 spiro atoms. The number of hydrogen-bond donors (Lipinski definition) is 0. The topological polar surface area (TPSA) is 52.7 Å². The van der Waals surface area contributed by atoms with Crippen molar-refractivity contribution in [3.05, 3.63) is 57.3 Å². The number of ether oxygens (including phenoxy) is 2. The van der Waals surface area contributed by atoms with Gasteiger partial charge in [0.1, 0.15) is 0 Å². The molecule has 0 atom stereocenters. The lowest BCUT2D eigenvalue weighted by atomic mass is 10.2. The van der Waals surface area contributed by atoms with Crippen LogP contribution in [-0.2, 0) is 13.2 Å². The van der Waals surface area contributed by atoms with Crippen LogP contribution in [0.5, 0.6) is 11.5 Å². The third-order valence-electron chi connectivity index (χ3n) is 3.97. The maximum absolute atomic E-state index is 5.66. The van der Waals surface area contributed by atoms with E-state index in [1.54, 1.807) is 4.68 Å². The summed E-state index contributed by atoms with van der Waals surface area (Å²) in [6.07, 6.45) is 0. The molecule has 6 nitrogen and oxygen atoms in total. The average Bonchev–Trinajstić information content (AvgIpc) is 3.23. The molecule has 1 aliphatic heterocycles. The van der Waals surface area contributed by atoms with Crippen LogP contribution in [0.2, 0.25) is 0 Å². The predicted molar refractivity (Wildman–Crippen MR) is 102 cm³/mol. The van der Waals surface area contributed by atoms with Crippen LogP contribution in [0, 0.1) is 4.84 Å². The first-order valence-electron chi connectivity index (χ1n) is 7.99. The second-order valence-corrected chi connectivity index (χ2v) is 7.29. The summed E-state index contributed by atoms with van der Waals surface area (Å²) in [5, 5.41) is 4.50. The number of halogens is 1. The van der Waals surface area contributed by atoms with Crippen molar-refractivity contribution in [3.8, 4) is 23.0 Å². The first-order chi connectivity index (χ1) is 12.6. The van der Waals surface area contributed by atoms with Gasteiger partial charge in [0.15, 0.2) is 11.5 Å². The number of fused-ring (bicyclic) bond motifs is 1. The van der Waals surface area contributed by atoms with Crippen LogP contribution in [-0.4, -0.2) is 28.5 Å². The summed E-state index contributed by atoms with van der Waals surface area (Å²) in [6, 6.07) is 13.8. The molecule has 0 bridgehead atoms. The molecule has 2 aromatic carbocycles. The van der Waals surface area contributed by atoms with E-state index in [9.17, 15) is 0 Å². The maximum Gasteiger partial charge on any atom is 0.288 e. The molecule has 8 heteroatoms. The lowest BCUT2D eigenvalue weighted by molar-refractivity contribution is 0.174. The monoisotopic (exact) mass is 433 g/mol. The second-order valence-electron chi connectivity index (χ2n) is 6.02. The van der Waals surface area contributed by atoms with E-state index in [0.29, 0.717) is 23.1 Å². The Morgan fingerprint density at radius 3 is 2.73 bits per heavy atom. The Morgan fingerprint density at radius 1 is 1.15 bits per heavy atom. The maximum atomic E-state index is 5.66. The molecule has 1 aliphatic rings. The highest BCUT2D eigenvalue weighted by molar-refractivity contribution is 9.10. The normalized spacial score (nSPS) is 12.7. The minimum absolute atomic E-state index is 0.234. The van der Waals surface area contributed by atoms with Crippen molar-refractivity contribution < 1.29 is 13.9 Å². The highest BCUT2D eigenvalue weighted by Gasteiger charge is 2.17. The number of aromatic nitrogens is 2. The van der Waals surface area contributed by atoms with Crippen LogP contribution in [0.3, 0.4) is 0 Å². The highest BCUT2D eigenvalue weighted by atomic mass is 79.9. The minimum atomic E-state index is 0.234. The summed E-state index contributed by atoms with van der Waals surface area (Å²) in [5.74, 6) is 1.87. The zero-order valence-electron chi connectivity index (χ0n) is 14.0. The van der Waals surface area contributed by atoms with Crippen molar-refractivity contribution in [1.29, 1.82) is 0 Å². The van der Waals surface area contributed by atoms with Crippen molar-refractivity contribution >= 4 is 28.1 Å². The Kier molecular flexibility index (Phi) is 4.80. The number of rotatable bonds is 5. The van der Waals surface area contributed by atoms with Crippen LogP contribution >= 0.6 is 28.1 Å². The molecule has 0 fully saturated rings. The SMILES string of the molecule is CN(Cc1ccc(Br)cc1)Cn1nc(-c2ccc3c(c2)OCO3)oc1=S. The molecule has 0 amide bonds. The number of hydrogen-bond acceptors (Lipinski definition) is 6. The fourth-order valence-corrected chi connectivity index (χ4v) is 3.16. The van der Waals surface area contributed by atoms with Gasteiger partial charge in [-0.3, -0.25) is 4.90 Å². The Bertz CT molecular complexity index is 984. The van der Waals surface area contributed by atoms with Crippen molar-refractivity contribution in [2.75, 3.05) is 13.8 Å². The minimum Gasteiger partial charge on any atom is -0.454 e. The summed E-state index contributed by atoms with van der Waals surface area (Å²) in [5.41, 5.74) is 2.01. The first kappa shape index (κ1) is 17.3. The van der Waals surface area contributed by atoms with Gasteiger partial charge in [0.05, 0.1) is 6.67 Å². The fourth-order valence-electron chi connectivity index (χ4n) is 2.72. The summed E-state index contributed by atoms with van der Waals surface area (Å²) < 4.78 is 19.1. The molecule has 0 saturated carbocycles. The first-order valence-corrected chi connectivity index (χ1v) is 9.19. The molecule has 1 aromatic heterocycles. The van der Waals surface area contributed by atoms with Crippen LogP contribution < -0.4 is 9.47 Å². The Balaban J connectivity index is 1.49. The van der Waals surface area contributed by atoms with Crippen LogP contribution in [0.15, 0.2) is 51.4 Å². The van der Waals surface area contributed by atoms with E-state index in [1.165, 1.54) is 5.56 Å². The zero-order valence-corrected chi connectivity index (χ0v) is 16.4. The predicted octanol–water partition coefficient (Wildman–Crippen LogP) is 4.45. The molecule has 134 valence electrons. The van der Waals surface area contributed by atoms with E-state index in [1.807, 2.05) is 37.4 Å². The molecule has 4 rings (SSSR count). The van der Waals surface area contributed by atoms with Crippen LogP contribution in [0.4, 0.5) is 0 Å². The van der Waals surface area contributed by atoms with E-state index in [0.717, 1.165) is 22.3 Å². The lowest BCUT2D eigenvalue weighted by Gasteiger charge is -2.15. The van der Waals surface area contributed by atoms with Crippen LogP contribution in [0.25, 0.3) is 11.5 Å². The summed E-state index contributed by atoms with van der Waals surface area (Å²) in [7, 11) is 2.01. The molecular weight excluding hydrogens is 418 g/mol. The van der Waals surface area contributed by atoms with Crippen molar-refractivity contribution in [2.45, 2.75) is 13.2 Å². The van der Waals surface area contributed by atoms with Crippen molar-refractivity contribution in [2.24, 2.45) is 0 Å². The molecular formula is C18H16BrN3O3S. The van der Waals surface area contributed by atoms with Gasteiger partial charge in [-0.15, -0.1) is 5.10 Å². The lowest BCUT2D eigenvalue weighted by Crippen LogP contribution is -2.22.